The minimum atomic E-state index is 0.881. The monoisotopic (exact) mass is 587 g/mol. The molecular formula is C44H29NO. The molecule has 0 saturated heterocycles. The van der Waals surface area contributed by atoms with Gasteiger partial charge >= 0.3 is 0 Å². The fourth-order valence-electron chi connectivity index (χ4n) is 6.83. The van der Waals surface area contributed by atoms with Crippen molar-refractivity contribution in [1.29, 1.82) is 0 Å². The van der Waals surface area contributed by atoms with E-state index in [0.717, 1.165) is 39.0 Å². The van der Waals surface area contributed by atoms with Crippen molar-refractivity contribution in [1.82, 2.24) is 0 Å². The van der Waals surface area contributed by atoms with Crippen molar-refractivity contribution in [2.24, 2.45) is 0 Å². The maximum absolute atomic E-state index is 6.45. The second kappa shape index (κ2) is 10.8. The Morgan fingerprint density at radius 2 is 1.00 bits per heavy atom. The average molecular weight is 588 g/mol. The Morgan fingerprint density at radius 1 is 0.348 bits per heavy atom. The van der Waals surface area contributed by atoms with Gasteiger partial charge in [-0.3, -0.25) is 0 Å². The molecule has 0 aliphatic carbocycles. The molecule has 0 aliphatic heterocycles. The molecule has 0 fully saturated rings. The Bertz CT molecular complexity index is 2520. The molecule has 2 nitrogen and oxygen atoms in total. The highest BCUT2D eigenvalue weighted by molar-refractivity contribution is 6.16. The predicted octanol–water partition coefficient (Wildman–Crippen LogP) is 12.7. The molecule has 0 spiro atoms. The van der Waals surface area contributed by atoms with Gasteiger partial charge in [0.25, 0.3) is 0 Å². The van der Waals surface area contributed by atoms with Crippen LogP contribution in [-0.2, 0) is 0 Å². The molecule has 216 valence electrons. The topological polar surface area (TPSA) is 16.4 Å². The molecule has 9 aromatic rings. The molecule has 0 amide bonds. The van der Waals surface area contributed by atoms with Crippen molar-refractivity contribution in [3.8, 4) is 22.3 Å². The van der Waals surface area contributed by atoms with Crippen molar-refractivity contribution < 1.29 is 4.42 Å². The van der Waals surface area contributed by atoms with Crippen LogP contribution >= 0.6 is 0 Å². The van der Waals surface area contributed by atoms with E-state index in [1.54, 1.807) is 0 Å². The van der Waals surface area contributed by atoms with Gasteiger partial charge < -0.3 is 9.32 Å². The fraction of sp³-hybridized carbons (Fsp3) is 0. The van der Waals surface area contributed by atoms with Gasteiger partial charge in [0.05, 0.1) is 0 Å². The van der Waals surface area contributed by atoms with Gasteiger partial charge in [-0.1, -0.05) is 121 Å². The smallest absolute Gasteiger partial charge is 0.136 e. The van der Waals surface area contributed by atoms with Crippen molar-refractivity contribution in [2.45, 2.75) is 0 Å². The van der Waals surface area contributed by atoms with E-state index in [-0.39, 0.29) is 0 Å². The lowest BCUT2D eigenvalue weighted by atomic mass is 9.94. The fourth-order valence-corrected chi connectivity index (χ4v) is 6.83. The number of furan rings is 1. The SMILES string of the molecule is c1ccc(N(c2ccc(-c3ccc4ccccc4c3)cc2)c2ccc3oc4cccc(-c5cccc6ccccc56)c4c3c2)cc1. The summed E-state index contributed by atoms with van der Waals surface area (Å²) in [4.78, 5) is 2.32. The molecule has 0 saturated carbocycles. The van der Waals surface area contributed by atoms with Crippen LogP contribution < -0.4 is 4.90 Å². The lowest BCUT2D eigenvalue weighted by molar-refractivity contribution is 0.669. The number of nitrogens with zero attached hydrogens (tertiary/aromatic N) is 1. The van der Waals surface area contributed by atoms with Crippen LogP contribution in [0.4, 0.5) is 17.1 Å². The highest BCUT2D eigenvalue weighted by atomic mass is 16.3. The number of anilines is 3. The summed E-state index contributed by atoms with van der Waals surface area (Å²) in [5.74, 6) is 0. The highest BCUT2D eigenvalue weighted by Gasteiger charge is 2.18. The minimum absolute atomic E-state index is 0.881. The molecule has 0 unspecified atom stereocenters. The van der Waals surface area contributed by atoms with Gasteiger partial charge in [-0.15, -0.1) is 0 Å². The first-order valence-corrected chi connectivity index (χ1v) is 15.7. The Morgan fingerprint density at radius 3 is 1.87 bits per heavy atom. The highest BCUT2D eigenvalue weighted by Crippen LogP contribution is 2.43. The molecule has 8 aromatic carbocycles. The molecule has 1 aromatic heterocycles. The molecule has 2 heteroatoms. The third-order valence-corrected chi connectivity index (χ3v) is 9.04. The van der Waals surface area contributed by atoms with Gasteiger partial charge in [0.2, 0.25) is 0 Å². The molecule has 0 radical (unpaired) electrons. The van der Waals surface area contributed by atoms with E-state index in [1.165, 1.54) is 43.8 Å². The van der Waals surface area contributed by atoms with Crippen LogP contribution in [0, 0.1) is 0 Å². The zero-order chi connectivity index (χ0) is 30.5. The lowest BCUT2D eigenvalue weighted by Crippen LogP contribution is -2.09. The Hall–Kier alpha value is -6.12. The summed E-state index contributed by atoms with van der Waals surface area (Å²) in [6, 6.07) is 62.7. The number of rotatable bonds is 5. The van der Waals surface area contributed by atoms with Crippen LogP contribution in [0.3, 0.4) is 0 Å². The summed E-state index contributed by atoms with van der Waals surface area (Å²) < 4.78 is 6.45. The van der Waals surface area contributed by atoms with Crippen LogP contribution in [0.2, 0.25) is 0 Å². The number of hydrogen-bond donors (Lipinski definition) is 0. The van der Waals surface area contributed by atoms with Gasteiger partial charge in [0.15, 0.2) is 0 Å². The van der Waals surface area contributed by atoms with E-state index in [1.807, 2.05) is 0 Å². The first-order chi connectivity index (χ1) is 22.8. The van der Waals surface area contributed by atoms with Crippen LogP contribution in [0.1, 0.15) is 0 Å². The maximum atomic E-state index is 6.45. The van der Waals surface area contributed by atoms with E-state index in [9.17, 15) is 0 Å². The van der Waals surface area contributed by atoms with E-state index in [4.69, 9.17) is 4.42 Å². The van der Waals surface area contributed by atoms with Crippen molar-refractivity contribution in [3.63, 3.8) is 0 Å². The van der Waals surface area contributed by atoms with Crippen molar-refractivity contribution >= 4 is 60.5 Å². The van der Waals surface area contributed by atoms with Gasteiger partial charge in [-0.05, 0) is 98.4 Å². The Labute approximate surface area is 267 Å². The largest absolute Gasteiger partial charge is 0.456 e. The zero-order valence-corrected chi connectivity index (χ0v) is 25.1. The predicted molar refractivity (Wildman–Crippen MR) is 194 cm³/mol. The summed E-state index contributed by atoms with van der Waals surface area (Å²) in [5.41, 5.74) is 9.83. The number of hydrogen-bond acceptors (Lipinski definition) is 2. The van der Waals surface area contributed by atoms with Gasteiger partial charge in [-0.2, -0.15) is 0 Å². The standard InChI is InChI=1S/C44H29NO/c1-2-14-35(15-3-1)45(36-24-22-31(23-25-36)34-21-20-30-10-4-5-12-33(30)28-34)37-26-27-42-41(29-37)44-40(18-9-19-43(44)46-42)39-17-8-13-32-11-6-7-16-38(32)39/h1-29H. The molecule has 0 atom stereocenters. The first-order valence-electron chi connectivity index (χ1n) is 15.7. The summed E-state index contributed by atoms with van der Waals surface area (Å²) in [6.45, 7) is 0. The normalized spacial score (nSPS) is 11.5. The van der Waals surface area contributed by atoms with Crippen LogP contribution in [-0.4, -0.2) is 0 Å². The molecule has 46 heavy (non-hydrogen) atoms. The molecular weight excluding hydrogens is 558 g/mol. The summed E-state index contributed by atoms with van der Waals surface area (Å²) in [6.07, 6.45) is 0. The van der Waals surface area contributed by atoms with Gasteiger partial charge in [-0.25, -0.2) is 0 Å². The molecule has 9 rings (SSSR count). The number of para-hydroxylation sites is 1. The van der Waals surface area contributed by atoms with Crippen molar-refractivity contribution in [2.75, 3.05) is 4.90 Å². The third-order valence-electron chi connectivity index (χ3n) is 9.04. The van der Waals surface area contributed by atoms with E-state index < -0.39 is 0 Å². The molecule has 1 heterocycles. The zero-order valence-electron chi connectivity index (χ0n) is 25.1. The van der Waals surface area contributed by atoms with Crippen LogP contribution in [0.15, 0.2) is 180 Å². The second-order valence-electron chi connectivity index (χ2n) is 11.8. The summed E-state index contributed by atoms with van der Waals surface area (Å²) in [7, 11) is 0. The average Bonchev–Trinajstić information content (AvgIpc) is 3.50. The summed E-state index contributed by atoms with van der Waals surface area (Å²) in [5, 5.41) is 7.20. The Kier molecular flexibility index (Phi) is 6.17. The van der Waals surface area contributed by atoms with Crippen molar-refractivity contribution in [3.05, 3.63) is 176 Å². The number of benzene rings is 8. The molecule has 0 bridgehead atoms. The van der Waals surface area contributed by atoms with E-state index >= 15 is 0 Å². The van der Waals surface area contributed by atoms with E-state index in [0.29, 0.717) is 0 Å². The van der Waals surface area contributed by atoms with Gasteiger partial charge in [0, 0.05) is 27.8 Å². The quantitative estimate of drug-likeness (QED) is 0.199. The Balaban J connectivity index is 1.19. The van der Waals surface area contributed by atoms with E-state index in [2.05, 4.69) is 181 Å². The summed E-state index contributed by atoms with van der Waals surface area (Å²) >= 11 is 0. The number of fused-ring (bicyclic) bond motifs is 5. The molecule has 0 N–H and O–H groups in total. The second-order valence-corrected chi connectivity index (χ2v) is 11.8. The van der Waals surface area contributed by atoms with Crippen LogP contribution in [0.5, 0.6) is 0 Å². The third kappa shape index (κ3) is 4.43. The van der Waals surface area contributed by atoms with Gasteiger partial charge in [0.1, 0.15) is 11.2 Å². The van der Waals surface area contributed by atoms with Crippen LogP contribution in [0.25, 0.3) is 65.7 Å². The minimum Gasteiger partial charge on any atom is -0.456 e. The molecule has 0 aliphatic rings. The maximum Gasteiger partial charge on any atom is 0.136 e. The lowest BCUT2D eigenvalue weighted by Gasteiger charge is -2.25. The first kappa shape index (κ1) is 26.3.